The van der Waals surface area contributed by atoms with Crippen LogP contribution in [0.5, 0.6) is 5.75 Å². The van der Waals surface area contributed by atoms with Crippen LogP contribution >= 0.6 is 0 Å². The van der Waals surface area contributed by atoms with Gasteiger partial charge >= 0.3 is 5.97 Å². The highest BCUT2D eigenvalue weighted by Crippen LogP contribution is 2.26. The van der Waals surface area contributed by atoms with Gasteiger partial charge in [0.1, 0.15) is 5.75 Å². The Morgan fingerprint density at radius 3 is 2.61 bits per heavy atom. The number of hydrogen-bond acceptors (Lipinski definition) is 5. The fourth-order valence-corrected chi connectivity index (χ4v) is 1.36. The molecule has 2 N–H and O–H groups in total. The lowest BCUT2D eigenvalue weighted by Gasteiger charge is -2.15. The van der Waals surface area contributed by atoms with Crippen molar-refractivity contribution in [2.45, 2.75) is 20.0 Å². The largest absolute Gasteiger partial charge is 0.480 e. The van der Waals surface area contributed by atoms with Crippen LogP contribution in [0.4, 0.5) is 11.4 Å². The van der Waals surface area contributed by atoms with Crippen LogP contribution in [-0.4, -0.2) is 32.8 Å². The number of ether oxygens (including phenoxy) is 2. The molecule has 5 nitrogen and oxygen atoms in total. The van der Waals surface area contributed by atoms with Crippen LogP contribution in [0, 0.1) is 0 Å². The number of carbonyl (C=O) groups is 1. The second-order valence-corrected chi connectivity index (χ2v) is 4.44. The van der Waals surface area contributed by atoms with Gasteiger partial charge in [0.05, 0.1) is 11.8 Å². The maximum atomic E-state index is 11.4. The minimum Gasteiger partial charge on any atom is -0.480 e. The van der Waals surface area contributed by atoms with Crippen molar-refractivity contribution in [1.29, 1.82) is 0 Å². The van der Waals surface area contributed by atoms with Crippen molar-refractivity contribution < 1.29 is 14.3 Å². The number of hydrogen-bond donors (Lipinski definition) is 1. The summed E-state index contributed by atoms with van der Waals surface area (Å²) in [7, 11) is 3.84. The zero-order chi connectivity index (χ0) is 13.7. The first-order valence-corrected chi connectivity index (χ1v) is 5.79. The SMILES string of the molecule is CC(C)OC(=O)COc1cc(N(C)C)ccc1N. The smallest absolute Gasteiger partial charge is 0.344 e. The van der Waals surface area contributed by atoms with Crippen LogP contribution in [-0.2, 0) is 9.53 Å². The molecule has 100 valence electrons. The molecule has 0 aromatic heterocycles. The van der Waals surface area contributed by atoms with E-state index in [9.17, 15) is 4.79 Å². The van der Waals surface area contributed by atoms with Crippen molar-refractivity contribution in [1.82, 2.24) is 0 Å². The highest BCUT2D eigenvalue weighted by Gasteiger charge is 2.09. The molecule has 18 heavy (non-hydrogen) atoms. The average molecular weight is 252 g/mol. The van der Waals surface area contributed by atoms with Gasteiger partial charge in [0, 0.05) is 25.8 Å². The lowest BCUT2D eigenvalue weighted by Crippen LogP contribution is -2.19. The number of carbonyl (C=O) groups excluding carboxylic acids is 1. The second kappa shape index (κ2) is 6.14. The maximum absolute atomic E-state index is 11.4. The van der Waals surface area contributed by atoms with Crippen LogP contribution in [0.1, 0.15) is 13.8 Å². The van der Waals surface area contributed by atoms with E-state index in [2.05, 4.69) is 0 Å². The minimum absolute atomic E-state index is 0.140. The zero-order valence-electron chi connectivity index (χ0n) is 11.3. The van der Waals surface area contributed by atoms with Crippen molar-refractivity contribution in [3.63, 3.8) is 0 Å². The Morgan fingerprint density at radius 1 is 1.39 bits per heavy atom. The van der Waals surface area contributed by atoms with Crippen LogP contribution in [0.3, 0.4) is 0 Å². The molecule has 0 unspecified atom stereocenters. The van der Waals surface area contributed by atoms with E-state index in [4.69, 9.17) is 15.2 Å². The molecule has 0 fully saturated rings. The Labute approximate surface area is 107 Å². The van der Waals surface area contributed by atoms with Gasteiger partial charge in [0.25, 0.3) is 0 Å². The van der Waals surface area contributed by atoms with Crippen LogP contribution in [0.15, 0.2) is 18.2 Å². The second-order valence-electron chi connectivity index (χ2n) is 4.44. The van der Waals surface area contributed by atoms with Gasteiger partial charge in [0.15, 0.2) is 6.61 Å². The number of nitrogens with zero attached hydrogens (tertiary/aromatic N) is 1. The summed E-state index contributed by atoms with van der Waals surface area (Å²) in [6, 6.07) is 5.42. The van der Waals surface area contributed by atoms with Gasteiger partial charge in [-0.05, 0) is 26.0 Å². The first-order chi connectivity index (χ1) is 8.40. The molecule has 1 rings (SSSR count). The summed E-state index contributed by atoms with van der Waals surface area (Å²) in [6.45, 7) is 3.44. The Morgan fingerprint density at radius 2 is 2.06 bits per heavy atom. The predicted molar refractivity (Wildman–Crippen MR) is 71.9 cm³/mol. The van der Waals surface area contributed by atoms with Gasteiger partial charge in [-0.2, -0.15) is 0 Å². The van der Waals surface area contributed by atoms with Gasteiger partial charge in [0.2, 0.25) is 0 Å². The summed E-state index contributed by atoms with van der Waals surface area (Å²) in [5.74, 6) is 0.0848. The summed E-state index contributed by atoms with van der Waals surface area (Å²) in [6.07, 6.45) is -0.147. The van der Waals surface area contributed by atoms with Crippen molar-refractivity contribution in [3.8, 4) is 5.75 Å². The summed E-state index contributed by atoms with van der Waals surface area (Å²) >= 11 is 0. The molecule has 0 aliphatic rings. The first-order valence-electron chi connectivity index (χ1n) is 5.79. The van der Waals surface area contributed by atoms with E-state index in [0.29, 0.717) is 11.4 Å². The third-order valence-electron chi connectivity index (χ3n) is 2.23. The van der Waals surface area contributed by atoms with Gasteiger partial charge in [-0.1, -0.05) is 0 Å². The number of nitrogen functional groups attached to an aromatic ring is 1. The Balaban J connectivity index is 2.66. The number of rotatable bonds is 5. The normalized spacial score (nSPS) is 10.3. The molecule has 0 atom stereocenters. The van der Waals surface area contributed by atoms with E-state index in [1.807, 2.05) is 25.1 Å². The molecule has 0 aliphatic carbocycles. The minimum atomic E-state index is -0.403. The summed E-state index contributed by atoms with van der Waals surface area (Å²) < 4.78 is 10.3. The Hall–Kier alpha value is -1.91. The van der Waals surface area contributed by atoms with Crippen LogP contribution in [0.2, 0.25) is 0 Å². The maximum Gasteiger partial charge on any atom is 0.344 e. The molecule has 0 saturated heterocycles. The Kier molecular flexibility index (Phi) is 4.83. The molecule has 1 aromatic rings. The molecule has 0 spiro atoms. The predicted octanol–water partition coefficient (Wildman–Crippen LogP) is 1.67. The van der Waals surface area contributed by atoms with E-state index in [-0.39, 0.29) is 12.7 Å². The molecule has 0 saturated carbocycles. The third kappa shape index (κ3) is 4.16. The standard InChI is InChI=1S/C13H20N2O3/c1-9(2)18-13(16)8-17-12-7-10(15(3)4)5-6-11(12)14/h5-7,9H,8,14H2,1-4H3. The first kappa shape index (κ1) is 14.2. The van der Waals surface area contributed by atoms with Crippen molar-refractivity contribution in [3.05, 3.63) is 18.2 Å². The highest BCUT2D eigenvalue weighted by molar-refractivity contribution is 5.72. The molecular formula is C13H20N2O3. The third-order valence-corrected chi connectivity index (χ3v) is 2.23. The van der Waals surface area contributed by atoms with Crippen molar-refractivity contribution >= 4 is 17.3 Å². The van der Waals surface area contributed by atoms with E-state index in [1.165, 1.54) is 0 Å². The van der Waals surface area contributed by atoms with E-state index >= 15 is 0 Å². The van der Waals surface area contributed by atoms with Gasteiger partial charge in [-0.3, -0.25) is 0 Å². The lowest BCUT2D eigenvalue weighted by molar-refractivity contribution is -0.149. The molecule has 0 radical (unpaired) electrons. The summed E-state index contributed by atoms with van der Waals surface area (Å²) in [5, 5.41) is 0. The van der Waals surface area contributed by atoms with Crippen molar-refractivity contribution in [2.24, 2.45) is 0 Å². The fourth-order valence-electron chi connectivity index (χ4n) is 1.36. The van der Waals surface area contributed by atoms with E-state index in [0.717, 1.165) is 5.69 Å². The monoisotopic (exact) mass is 252 g/mol. The summed E-state index contributed by atoms with van der Waals surface area (Å²) in [5.41, 5.74) is 7.23. The topological polar surface area (TPSA) is 64.8 Å². The molecule has 5 heteroatoms. The molecule has 0 aliphatic heterocycles. The lowest BCUT2D eigenvalue weighted by atomic mass is 10.2. The number of nitrogens with two attached hydrogens (primary N) is 1. The average Bonchev–Trinajstić information content (AvgIpc) is 2.26. The van der Waals surface area contributed by atoms with Crippen LogP contribution in [0.25, 0.3) is 0 Å². The van der Waals surface area contributed by atoms with Crippen molar-refractivity contribution in [2.75, 3.05) is 31.3 Å². The zero-order valence-corrected chi connectivity index (χ0v) is 11.3. The quantitative estimate of drug-likeness (QED) is 0.638. The van der Waals surface area contributed by atoms with Gasteiger partial charge in [-0.15, -0.1) is 0 Å². The highest BCUT2D eigenvalue weighted by atomic mass is 16.6. The molecule has 0 heterocycles. The molecule has 0 bridgehead atoms. The molecule has 0 amide bonds. The van der Waals surface area contributed by atoms with Crippen LogP contribution < -0.4 is 15.4 Å². The number of benzene rings is 1. The number of anilines is 2. The fraction of sp³-hybridized carbons (Fsp3) is 0.462. The van der Waals surface area contributed by atoms with Gasteiger partial charge < -0.3 is 20.1 Å². The molecule has 1 aromatic carbocycles. The van der Waals surface area contributed by atoms with Gasteiger partial charge in [-0.25, -0.2) is 4.79 Å². The Bertz CT molecular complexity index is 417. The molecular weight excluding hydrogens is 232 g/mol. The number of esters is 1. The van der Waals surface area contributed by atoms with E-state index < -0.39 is 5.97 Å². The van der Waals surface area contributed by atoms with E-state index in [1.54, 1.807) is 26.0 Å². The summed E-state index contributed by atoms with van der Waals surface area (Å²) in [4.78, 5) is 13.3.